The highest BCUT2D eigenvalue weighted by molar-refractivity contribution is 7.99. The van der Waals surface area contributed by atoms with Crippen LogP contribution in [-0.2, 0) is 15.6 Å². The number of hydrogen-bond donors (Lipinski definition) is 2. The van der Waals surface area contributed by atoms with E-state index >= 15 is 0 Å². The number of aryl methyl sites for hydroxylation is 1. The van der Waals surface area contributed by atoms with Gasteiger partial charge in [0.25, 0.3) is 0 Å². The van der Waals surface area contributed by atoms with E-state index in [9.17, 15) is 8.42 Å². The molecule has 100 valence electrons. The van der Waals surface area contributed by atoms with Crippen molar-refractivity contribution >= 4 is 27.4 Å². The Labute approximate surface area is 112 Å². The van der Waals surface area contributed by atoms with Crippen LogP contribution in [0.15, 0.2) is 18.2 Å². The lowest BCUT2D eigenvalue weighted by Gasteiger charge is -2.07. The normalized spacial score (nSPS) is 11.4. The molecule has 0 saturated heterocycles. The number of amidine groups is 1. The molecule has 1 aromatic carbocycles. The third-order valence-electron chi connectivity index (χ3n) is 2.51. The first kappa shape index (κ1) is 15.0. The van der Waals surface area contributed by atoms with Gasteiger partial charge in [-0.05, 0) is 24.1 Å². The first-order chi connectivity index (χ1) is 8.29. The van der Waals surface area contributed by atoms with Crippen LogP contribution in [0, 0.1) is 12.3 Å². The summed E-state index contributed by atoms with van der Waals surface area (Å²) in [6, 6.07) is 5.65. The van der Waals surface area contributed by atoms with Gasteiger partial charge in [0.2, 0.25) is 0 Å². The highest BCUT2D eigenvalue weighted by Gasteiger charge is 2.05. The van der Waals surface area contributed by atoms with Crippen LogP contribution in [0.1, 0.15) is 16.7 Å². The second-order valence-corrected chi connectivity index (χ2v) is 7.60. The molecule has 1 aromatic rings. The Bertz CT molecular complexity index is 539. The lowest BCUT2D eigenvalue weighted by molar-refractivity contribution is 0.603. The smallest absolute Gasteiger partial charge is 0.148 e. The topological polar surface area (TPSA) is 84.0 Å². The fraction of sp³-hybridized carbons (Fsp3) is 0.417. The van der Waals surface area contributed by atoms with E-state index in [-0.39, 0.29) is 11.6 Å². The summed E-state index contributed by atoms with van der Waals surface area (Å²) in [4.78, 5) is 0. The van der Waals surface area contributed by atoms with Gasteiger partial charge in [0.05, 0.1) is 5.75 Å². The number of nitrogens with one attached hydrogen (secondary N) is 1. The maximum atomic E-state index is 11.0. The van der Waals surface area contributed by atoms with E-state index in [1.54, 1.807) is 11.8 Å². The van der Waals surface area contributed by atoms with Gasteiger partial charge >= 0.3 is 0 Å². The number of nitrogens with two attached hydrogens (primary N) is 1. The third-order valence-corrected chi connectivity index (χ3v) is 4.72. The summed E-state index contributed by atoms with van der Waals surface area (Å²) in [7, 11) is -2.87. The zero-order chi connectivity index (χ0) is 13.8. The van der Waals surface area contributed by atoms with Gasteiger partial charge in [-0.15, -0.1) is 0 Å². The monoisotopic (exact) mass is 286 g/mol. The molecule has 0 heterocycles. The SMILES string of the molecule is Cc1cc(C(=N)N)ccc1CSCCS(C)(=O)=O. The molecular weight excluding hydrogens is 268 g/mol. The number of thioether (sulfide) groups is 1. The molecule has 0 aliphatic carbocycles. The van der Waals surface area contributed by atoms with Gasteiger partial charge in [0, 0.05) is 23.3 Å². The molecule has 18 heavy (non-hydrogen) atoms. The highest BCUT2D eigenvalue weighted by Crippen LogP contribution is 2.17. The van der Waals surface area contributed by atoms with E-state index in [4.69, 9.17) is 11.1 Å². The molecule has 0 aliphatic heterocycles. The van der Waals surface area contributed by atoms with Crippen molar-refractivity contribution in [1.82, 2.24) is 0 Å². The largest absolute Gasteiger partial charge is 0.384 e. The van der Waals surface area contributed by atoms with Crippen LogP contribution >= 0.6 is 11.8 Å². The van der Waals surface area contributed by atoms with Crippen molar-refractivity contribution < 1.29 is 8.42 Å². The number of hydrogen-bond acceptors (Lipinski definition) is 4. The Kier molecular flexibility index (Phi) is 5.22. The molecule has 0 radical (unpaired) electrons. The minimum Gasteiger partial charge on any atom is -0.384 e. The summed E-state index contributed by atoms with van der Waals surface area (Å²) in [5.41, 5.74) is 8.36. The van der Waals surface area contributed by atoms with Crippen LogP contribution in [0.2, 0.25) is 0 Å². The molecule has 0 saturated carbocycles. The van der Waals surface area contributed by atoms with Crippen molar-refractivity contribution in [3.05, 3.63) is 34.9 Å². The lowest BCUT2D eigenvalue weighted by atomic mass is 10.1. The van der Waals surface area contributed by atoms with Gasteiger partial charge in [-0.25, -0.2) is 8.42 Å². The standard InChI is InChI=1S/C12H18N2O2S2/c1-9-7-10(12(13)14)3-4-11(9)8-17-5-6-18(2,15)16/h3-4,7H,5-6,8H2,1-2H3,(H3,13,14). The molecule has 6 heteroatoms. The summed E-state index contributed by atoms with van der Waals surface area (Å²) in [6.07, 6.45) is 1.25. The van der Waals surface area contributed by atoms with E-state index in [2.05, 4.69) is 0 Å². The minimum absolute atomic E-state index is 0.0642. The Balaban J connectivity index is 2.56. The number of nitrogen functional groups attached to an aromatic ring is 1. The van der Waals surface area contributed by atoms with Crippen molar-refractivity contribution in [1.29, 1.82) is 5.41 Å². The predicted octanol–water partition coefficient (Wildman–Crippen LogP) is 1.56. The van der Waals surface area contributed by atoms with Gasteiger partial charge in [0.15, 0.2) is 0 Å². The second-order valence-electron chi connectivity index (χ2n) is 4.24. The first-order valence-corrected chi connectivity index (χ1v) is 8.70. The molecule has 4 nitrogen and oxygen atoms in total. The van der Waals surface area contributed by atoms with E-state index in [0.717, 1.165) is 22.4 Å². The maximum Gasteiger partial charge on any atom is 0.148 e. The van der Waals surface area contributed by atoms with Crippen molar-refractivity contribution in [2.75, 3.05) is 17.8 Å². The van der Waals surface area contributed by atoms with Gasteiger partial charge in [-0.3, -0.25) is 5.41 Å². The average Bonchev–Trinajstić information content (AvgIpc) is 2.24. The molecule has 0 unspecified atom stereocenters. The third kappa shape index (κ3) is 5.10. The molecule has 3 N–H and O–H groups in total. The minimum atomic E-state index is -2.87. The highest BCUT2D eigenvalue weighted by atomic mass is 32.2. The van der Waals surface area contributed by atoms with Crippen molar-refractivity contribution in [2.24, 2.45) is 5.73 Å². The van der Waals surface area contributed by atoms with E-state index in [1.807, 2.05) is 25.1 Å². The van der Waals surface area contributed by atoms with E-state index in [0.29, 0.717) is 5.75 Å². The van der Waals surface area contributed by atoms with Crippen LogP contribution in [0.4, 0.5) is 0 Å². The lowest BCUT2D eigenvalue weighted by Crippen LogP contribution is -2.11. The summed E-state index contributed by atoms with van der Waals surface area (Å²) >= 11 is 1.60. The number of rotatable bonds is 6. The van der Waals surface area contributed by atoms with Crippen LogP contribution in [0.3, 0.4) is 0 Å². The average molecular weight is 286 g/mol. The molecule has 0 aliphatic rings. The zero-order valence-corrected chi connectivity index (χ0v) is 12.2. The molecule has 0 amide bonds. The number of sulfone groups is 1. The Hall–Kier alpha value is -1.01. The van der Waals surface area contributed by atoms with Crippen molar-refractivity contribution in [2.45, 2.75) is 12.7 Å². The summed E-state index contributed by atoms with van der Waals surface area (Å²) in [6.45, 7) is 1.97. The molecule has 0 atom stereocenters. The summed E-state index contributed by atoms with van der Waals surface area (Å²) in [5, 5.41) is 7.34. The summed E-state index contributed by atoms with van der Waals surface area (Å²) < 4.78 is 22.0. The Morgan fingerprint density at radius 1 is 1.44 bits per heavy atom. The van der Waals surface area contributed by atoms with Gasteiger partial charge in [-0.1, -0.05) is 12.1 Å². The molecule has 0 bridgehead atoms. The van der Waals surface area contributed by atoms with Crippen LogP contribution in [0.25, 0.3) is 0 Å². The van der Waals surface area contributed by atoms with E-state index in [1.165, 1.54) is 6.26 Å². The summed E-state index contributed by atoms with van der Waals surface area (Å²) in [5.74, 6) is 1.66. The molecule has 0 spiro atoms. The molecular formula is C12H18N2O2S2. The van der Waals surface area contributed by atoms with E-state index < -0.39 is 9.84 Å². The van der Waals surface area contributed by atoms with Gasteiger partial charge in [-0.2, -0.15) is 11.8 Å². The van der Waals surface area contributed by atoms with Crippen molar-refractivity contribution in [3.63, 3.8) is 0 Å². The predicted molar refractivity (Wildman–Crippen MR) is 78.1 cm³/mol. The van der Waals surface area contributed by atoms with Gasteiger partial charge in [0.1, 0.15) is 15.7 Å². The maximum absolute atomic E-state index is 11.0. The Morgan fingerprint density at radius 2 is 2.11 bits per heavy atom. The van der Waals surface area contributed by atoms with Crippen LogP contribution < -0.4 is 5.73 Å². The Morgan fingerprint density at radius 3 is 2.61 bits per heavy atom. The fourth-order valence-electron chi connectivity index (χ4n) is 1.42. The first-order valence-electron chi connectivity index (χ1n) is 5.49. The number of benzene rings is 1. The molecule has 0 aromatic heterocycles. The second kappa shape index (κ2) is 6.24. The van der Waals surface area contributed by atoms with Crippen molar-refractivity contribution in [3.8, 4) is 0 Å². The van der Waals surface area contributed by atoms with Crippen LogP contribution in [0.5, 0.6) is 0 Å². The molecule has 0 fully saturated rings. The van der Waals surface area contributed by atoms with Gasteiger partial charge < -0.3 is 5.73 Å². The molecule has 1 rings (SSSR count). The van der Waals surface area contributed by atoms with Crippen LogP contribution in [-0.4, -0.2) is 32.0 Å². The zero-order valence-electron chi connectivity index (χ0n) is 10.6. The quantitative estimate of drug-likeness (QED) is 0.472. The fourth-order valence-corrected chi connectivity index (χ4v) is 3.79.